The minimum absolute atomic E-state index is 0.0739. The van der Waals surface area contributed by atoms with Crippen LogP contribution in [0.4, 0.5) is 10.2 Å². The van der Waals surface area contributed by atoms with Gasteiger partial charge in [-0.2, -0.15) is 4.39 Å². The van der Waals surface area contributed by atoms with Crippen LogP contribution in [0.15, 0.2) is 18.2 Å². The Kier molecular flexibility index (Phi) is 3.56. The fourth-order valence-electron chi connectivity index (χ4n) is 2.15. The maximum Gasteiger partial charge on any atom is 0.222 e. The molecule has 1 N–H and O–H groups in total. The van der Waals surface area contributed by atoms with Crippen LogP contribution in [0.1, 0.15) is 12.8 Å². The maximum absolute atomic E-state index is 13.0. The van der Waals surface area contributed by atoms with Crippen LogP contribution in [-0.4, -0.2) is 31.0 Å². The average Bonchev–Trinajstić information content (AvgIpc) is 2.38. The number of pyridine rings is 1. The molecule has 0 spiro atoms. The quantitative estimate of drug-likeness (QED) is 0.786. The number of anilines is 1. The molecule has 0 bridgehead atoms. The van der Waals surface area contributed by atoms with Crippen LogP contribution < -0.4 is 10.2 Å². The first kappa shape index (κ1) is 11.8. The molecule has 17 heavy (non-hydrogen) atoms. The number of nitrogens with one attached hydrogen (secondary N) is 1. The molecular formula is C12H16FN3O. The Bertz CT molecular complexity index is 402. The molecule has 1 aliphatic rings. The van der Waals surface area contributed by atoms with E-state index in [-0.39, 0.29) is 11.8 Å². The average molecular weight is 237 g/mol. The number of hydrogen-bond donors (Lipinski definition) is 1. The van der Waals surface area contributed by atoms with Gasteiger partial charge in [-0.3, -0.25) is 4.79 Å². The van der Waals surface area contributed by atoms with Crippen LogP contribution in [0, 0.1) is 11.9 Å². The number of carbonyl (C=O) groups is 1. The molecule has 1 amide bonds. The molecule has 0 radical (unpaired) electrons. The van der Waals surface area contributed by atoms with E-state index in [4.69, 9.17) is 0 Å². The molecule has 0 atom stereocenters. The molecule has 0 aromatic carbocycles. The lowest BCUT2D eigenvalue weighted by Crippen LogP contribution is -2.39. The summed E-state index contributed by atoms with van der Waals surface area (Å²) in [5, 5.41) is 2.67. The first-order chi connectivity index (χ1) is 8.20. The molecule has 92 valence electrons. The van der Waals surface area contributed by atoms with Crippen molar-refractivity contribution < 1.29 is 9.18 Å². The predicted molar refractivity (Wildman–Crippen MR) is 63.2 cm³/mol. The van der Waals surface area contributed by atoms with Crippen LogP contribution in [0.2, 0.25) is 0 Å². The third kappa shape index (κ3) is 2.72. The Labute approximate surface area is 99.8 Å². The molecule has 1 aromatic rings. The van der Waals surface area contributed by atoms with Gasteiger partial charge in [-0.1, -0.05) is 6.07 Å². The van der Waals surface area contributed by atoms with E-state index in [0.29, 0.717) is 5.82 Å². The highest BCUT2D eigenvalue weighted by Crippen LogP contribution is 2.21. The maximum atomic E-state index is 13.0. The third-order valence-electron chi connectivity index (χ3n) is 3.14. The Hall–Kier alpha value is -1.65. The second-order valence-electron chi connectivity index (χ2n) is 4.19. The number of amides is 1. The number of hydrogen-bond acceptors (Lipinski definition) is 3. The van der Waals surface area contributed by atoms with Crippen molar-refractivity contribution in [3.05, 3.63) is 24.1 Å². The van der Waals surface area contributed by atoms with Gasteiger partial charge in [0.1, 0.15) is 5.82 Å². The summed E-state index contributed by atoms with van der Waals surface area (Å²) in [6.07, 6.45) is 1.58. The lowest BCUT2D eigenvalue weighted by molar-refractivity contribution is -0.125. The number of carbonyl (C=O) groups excluding carboxylic acids is 1. The van der Waals surface area contributed by atoms with Gasteiger partial charge in [-0.25, -0.2) is 4.98 Å². The van der Waals surface area contributed by atoms with Crippen LogP contribution in [-0.2, 0) is 4.79 Å². The zero-order valence-corrected chi connectivity index (χ0v) is 9.82. The lowest BCUT2D eigenvalue weighted by Gasteiger charge is -2.31. The van der Waals surface area contributed by atoms with E-state index in [2.05, 4.69) is 10.3 Å². The van der Waals surface area contributed by atoms with Crippen LogP contribution in [0.25, 0.3) is 0 Å². The van der Waals surface area contributed by atoms with Crippen LogP contribution in [0.3, 0.4) is 0 Å². The van der Waals surface area contributed by atoms with Crippen molar-refractivity contribution in [1.29, 1.82) is 0 Å². The Morgan fingerprint density at radius 1 is 1.47 bits per heavy atom. The van der Waals surface area contributed by atoms with Gasteiger partial charge >= 0.3 is 0 Å². The largest absolute Gasteiger partial charge is 0.359 e. The fraction of sp³-hybridized carbons (Fsp3) is 0.500. The van der Waals surface area contributed by atoms with Gasteiger partial charge in [0.2, 0.25) is 11.9 Å². The first-order valence-electron chi connectivity index (χ1n) is 5.80. The predicted octanol–water partition coefficient (Wildman–Crippen LogP) is 1.18. The van der Waals surface area contributed by atoms with Crippen LogP contribution >= 0.6 is 0 Å². The summed E-state index contributed by atoms with van der Waals surface area (Å²) in [4.78, 5) is 17.3. The van der Waals surface area contributed by atoms with Crippen molar-refractivity contribution in [1.82, 2.24) is 10.3 Å². The third-order valence-corrected chi connectivity index (χ3v) is 3.14. The number of aromatic nitrogens is 1. The van der Waals surface area contributed by atoms with Crippen molar-refractivity contribution in [2.45, 2.75) is 12.8 Å². The van der Waals surface area contributed by atoms with Crippen molar-refractivity contribution >= 4 is 11.7 Å². The zero-order chi connectivity index (χ0) is 12.3. The van der Waals surface area contributed by atoms with Gasteiger partial charge in [-0.05, 0) is 25.0 Å². The molecule has 4 nitrogen and oxygen atoms in total. The summed E-state index contributed by atoms with van der Waals surface area (Å²) in [6.45, 7) is 1.49. The smallest absolute Gasteiger partial charge is 0.222 e. The lowest BCUT2D eigenvalue weighted by atomic mass is 9.96. The monoisotopic (exact) mass is 237 g/mol. The Morgan fingerprint density at radius 3 is 2.76 bits per heavy atom. The number of nitrogens with zero attached hydrogens (tertiary/aromatic N) is 2. The standard InChI is InChI=1S/C12H16FN3O/c1-14-12(17)9-5-7-16(8-6-9)11-4-2-3-10(13)15-11/h2-4,9H,5-8H2,1H3,(H,14,17). The summed E-state index contributed by atoms with van der Waals surface area (Å²) in [7, 11) is 1.66. The molecular weight excluding hydrogens is 221 g/mol. The van der Waals surface area contributed by atoms with E-state index in [0.717, 1.165) is 25.9 Å². The molecule has 0 unspecified atom stereocenters. The molecule has 1 aromatic heterocycles. The SMILES string of the molecule is CNC(=O)C1CCN(c2cccc(F)n2)CC1. The van der Waals surface area contributed by atoms with Gasteiger partial charge < -0.3 is 10.2 Å². The summed E-state index contributed by atoms with van der Waals surface area (Å²) in [5.41, 5.74) is 0. The zero-order valence-electron chi connectivity index (χ0n) is 9.82. The minimum Gasteiger partial charge on any atom is -0.359 e. The molecule has 5 heteroatoms. The van der Waals surface area contributed by atoms with Gasteiger partial charge in [0, 0.05) is 26.1 Å². The normalized spacial score (nSPS) is 16.9. The highest BCUT2D eigenvalue weighted by atomic mass is 19.1. The highest BCUT2D eigenvalue weighted by Gasteiger charge is 2.24. The number of halogens is 1. The minimum atomic E-state index is -0.462. The van der Waals surface area contributed by atoms with E-state index >= 15 is 0 Å². The van der Waals surface area contributed by atoms with Gasteiger partial charge in [0.15, 0.2) is 0 Å². The molecule has 1 fully saturated rings. The molecule has 2 rings (SSSR count). The van der Waals surface area contributed by atoms with Crippen molar-refractivity contribution in [2.24, 2.45) is 5.92 Å². The molecule has 2 heterocycles. The molecule has 1 aliphatic heterocycles. The number of piperidine rings is 1. The topological polar surface area (TPSA) is 45.2 Å². The van der Waals surface area contributed by atoms with E-state index in [1.165, 1.54) is 6.07 Å². The van der Waals surface area contributed by atoms with Gasteiger partial charge in [0.05, 0.1) is 0 Å². The van der Waals surface area contributed by atoms with E-state index in [1.54, 1.807) is 19.2 Å². The second kappa shape index (κ2) is 5.12. The van der Waals surface area contributed by atoms with E-state index < -0.39 is 5.95 Å². The summed E-state index contributed by atoms with van der Waals surface area (Å²) in [5.74, 6) is 0.359. The molecule has 1 saturated heterocycles. The highest BCUT2D eigenvalue weighted by molar-refractivity contribution is 5.78. The van der Waals surface area contributed by atoms with Gasteiger partial charge in [-0.15, -0.1) is 0 Å². The molecule has 0 aliphatic carbocycles. The first-order valence-corrected chi connectivity index (χ1v) is 5.80. The van der Waals surface area contributed by atoms with E-state index in [1.807, 2.05) is 4.90 Å². The van der Waals surface area contributed by atoms with E-state index in [9.17, 15) is 9.18 Å². The Morgan fingerprint density at radius 2 is 2.18 bits per heavy atom. The van der Waals surface area contributed by atoms with Crippen LogP contribution in [0.5, 0.6) is 0 Å². The Balaban J connectivity index is 1.97. The van der Waals surface area contributed by atoms with Crippen molar-refractivity contribution in [3.63, 3.8) is 0 Å². The summed E-state index contributed by atoms with van der Waals surface area (Å²) >= 11 is 0. The fourth-order valence-corrected chi connectivity index (χ4v) is 2.15. The number of rotatable bonds is 2. The molecule has 0 saturated carbocycles. The summed E-state index contributed by atoms with van der Waals surface area (Å²) < 4.78 is 13.0. The van der Waals surface area contributed by atoms with Crippen molar-refractivity contribution in [2.75, 3.05) is 25.0 Å². The summed E-state index contributed by atoms with van der Waals surface area (Å²) in [6, 6.07) is 4.78. The van der Waals surface area contributed by atoms with Gasteiger partial charge in [0.25, 0.3) is 0 Å². The van der Waals surface area contributed by atoms with Crippen molar-refractivity contribution in [3.8, 4) is 0 Å². The second-order valence-corrected chi connectivity index (χ2v) is 4.19.